The zero-order valence-electron chi connectivity index (χ0n) is 32.8. The van der Waals surface area contributed by atoms with E-state index in [1.54, 1.807) is 6.08 Å². The van der Waals surface area contributed by atoms with E-state index in [2.05, 4.69) is 32.1 Å². The summed E-state index contributed by atoms with van der Waals surface area (Å²) in [6, 6.07) is 0. The first-order valence-corrected chi connectivity index (χ1v) is 21.9. The van der Waals surface area contributed by atoms with Gasteiger partial charge in [0, 0.05) is 25.8 Å². The second-order valence-electron chi connectivity index (χ2n) is 13.5. The van der Waals surface area contributed by atoms with Crippen LogP contribution in [0.3, 0.4) is 0 Å². The Morgan fingerprint density at radius 1 is 0.615 bits per heavy atom. The van der Waals surface area contributed by atoms with E-state index in [-0.39, 0.29) is 38.4 Å². The minimum absolute atomic E-state index is 0.0387. The van der Waals surface area contributed by atoms with Gasteiger partial charge in [-0.2, -0.15) is 0 Å². The molecule has 0 aliphatic rings. The number of ketones is 1. The summed E-state index contributed by atoms with van der Waals surface area (Å²) >= 11 is 0. The number of allylic oxidation sites excluding steroid dienone is 6. The van der Waals surface area contributed by atoms with Crippen LogP contribution in [0.15, 0.2) is 36.5 Å². The average Bonchev–Trinajstić information content (AvgIpc) is 3.12. The van der Waals surface area contributed by atoms with Crippen molar-refractivity contribution < 1.29 is 42.4 Å². The van der Waals surface area contributed by atoms with Gasteiger partial charge in [-0.25, -0.2) is 4.57 Å². The molecule has 0 aliphatic heterocycles. The third kappa shape index (κ3) is 36.3. The van der Waals surface area contributed by atoms with E-state index < -0.39 is 32.5 Å². The van der Waals surface area contributed by atoms with Crippen LogP contribution in [0.4, 0.5) is 0 Å². The molecule has 0 fully saturated rings. The fraction of sp³-hybridized carbons (Fsp3) is 0.780. The lowest BCUT2D eigenvalue weighted by Crippen LogP contribution is -2.29. The van der Waals surface area contributed by atoms with Crippen LogP contribution < -0.4 is 5.73 Å². The maximum absolute atomic E-state index is 12.5. The Morgan fingerprint density at radius 2 is 1.12 bits per heavy atom. The Labute approximate surface area is 316 Å². The van der Waals surface area contributed by atoms with Crippen LogP contribution in [0, 0.1) is 0 Å². The third-order valence-electron chi connectivity index (χ3n) is 8.47. The molecule has 302 valence electrons. The SMILES string of the molecule is CCCCCCCC/C=C\CCCCCCCC(=O)O[C@H](COC(=O)CCCCCCC/C=C\C=C\C(=O)CCCCC)COP(=O)(O)OCCN. The lowest BCUT2D eigenvalue weighted by atomic mass is 10.1. The number of ether oxygens (including phenoxy) is 2. The molecule has 11 heteroatoms. The molecule has 0 rings (SSSR count). The number of esters is 2. The molecule has 0 aromatic rings. The molecule has 0 radical (unpaired) electrons. The molecule has 0 saturated heterocycles. The number of carbonyl (C=O) groups excluding carboxylic acids is 3. The van der Waals surface area contributed by atoms with Gasteiger partial charge in [0.25, 0.3) is 0 Å². The minimum Gasteiger partial charge on any atom is -0.462 e. The Morgan fingerprint density at radius 3 is 1.71 bits per heavy atom. The normalized spacial score (nSPS) is 13.6. The van der Waals surface area contributed by atoms with Crippen molar-refractivity contribution in [3.63, 3.8) is 0 Å². The second-order valence-corrected chi connectivity index (χ2v) is 15.0. The summed E-state index contributed by atoms with van der Waals surface area (Å²) in [5, 5.41) is 0. The van der Waals surface area contributed by atoms with Gasteiger partial charge in [-0.15, -0.1) is 0 Å². The lowest BCUT2D eigenvalue weighted by Gasteiger charge is -2.19. The molecule has 52 heavy (non-hydrogen) atoms. The Kier molecular flexibility index (Phi) is 35.7. The van der Waals surface area contributed by atoms with Gasteiger partial charge in [-0.1, -0.05) is 128 Å². The summed E-state index contributed by atoms with van der Waals surface area (Å²) in [6.07, 6.45) is 35.8. The molecule has 0 saturated carbocycles. The summed E-state index contributed by atoms with van der Waals surface area (Å²) < 4.78 is 32.6. The summed E-state index contributed by atoms with van der Waals surface area (Å²) in [7, 11) is -4.39. The molecular formula is C41H74NO9P. The van der Waals surface area contributed by atoms with Crippen LogP contribution in [0.2, 0.25) is 0 Å². The molecule has 0 amide bonds. The lowest BCUT2D eigenvalue weighted by molar-refractivity contribution is -0.161. The highest BCUT2D eigenvalue weighted by atomic mass is 31.2. The van der Waals surface area contributed by atoms with Crippen molar-refractivity contribution in [2.45, 2.75) is 180 Å². The average molecular weight is 756 g/mol. The number of unbranched alkanes of at least 4 members (excludes halogenated alkanes) is 18. The number of carbonyl (C=O) groups is 3. The van der Waals surface area contributed by atoms with E-state index in [4.69, 9.17) is 24.3 Å². The monoisotopic (exact) mass is 756 g/mol. The van der Waals surface area contributed by atoms with Crippen molar-refractivity contribution in [1.82, 2.24) is 0 Å². The van der Waals surface area contributed by atoms with Gasteiger partial charge in [-0.3, -0.25) is 23.4 Å². The smallest absolute Gasteiger partial charge is 0.462 e. The molecule has 0 aromatic heterocycles. The highest BCUT2D eigenvalue weighted by molar-refractivity contribution is 7.47. The van der Waals surface area contributed by atoms with Crippen molar-refractivity contribution in [2.75, 3.05) is 26.4 Å². The third-order valence-corrected chi connectivity index (χ3v) is 9.46. The molecule has 3 N–H and O–H groups in total. The Bertz CT molecular complexity index is 1010. The summed E-state index contributed by atoms with van der Waals surface area (Å²) in [5.74, 6) is -0.724. The quantitative estimate of drug-likeness (QED) is 0.0155. The maximum Gasteiger partial charge on any atom is 0.472 e. The molecule has 0 bridgehead atoms. The first-order chi connectivity index (χ1) is 25.2. The number of hydrogen-bond acceptors (Lipinski definition) is 9. The van der Waals surface area contributed by atoms with Gasteiger partial charge in [0.05, 0.1) is 13.2 Å². The van der Waals surface area contributed by atoms with E-state index in [9.17, 15) is 23.8 Å². The van der Waals surface area contributed by atoms with Gasteiger partial charge >= 0.3 is 19.8 Å². The van der Waals surface area contributed by atoms with Gasteiger partial charge in [0.15, 0.2) is 11.9 Å². The molecule has 0 aromatic carbocycles. The van der Waals surface area contributed by atoms with Gasteiger partial charge in [-0.05, 0) is 63.9 Å². The fourth-order valence-corrected chi connectivity index (χ4v) is 6.14. The Hall–Kier alpha value is -2.10. The molecule has 10 nitrogen and oxygen atoms in total. The van der Waals surface area contributed by atoms with Crippen molar-refractivity contribution in [3.05, 3.63) is 36.5 Å². The first kappa shape index (κ1) is 49.9. The van der Waals surface area contributed by atoms with Gasteiger partial charge < -0.3 is 20.1 Å². The van der Waals surface area contributed by atoms with Crippen LogP contribution in [0.25, 0.3) is 0 Å². The summed E-state index contributed by atoms with van der Waals surface area (Å²) in [5.41, 5.74) is 5.33. The van der Waals surface area contributed by atoms with Crippen LogP contribution in [0.1, 0.15) is 174 Å². The van der Waals surface area contributed by atoms with Crippen molar-refractivity contribution in [1.29, 1.82) is 0 Å². The highest BCUT2D eigenvalue weighted by Crippen LogP contribution is 2.43. The molecule has 0 spiro atoms. The maximum atomic E-state index is 12.5. The van der Waals surface area contributed by atoms with Gasteiger partial charge in [0.2, 0.25) is 0 Å². The summed E-state index contributed by atoms with van der Waals surface area (Å²) in [4.78, 5) is 46.5. The molecule has 1 unspecified atom stereocenters. The van der Waals surface area contributed by atoms with E-state index in [1.807, 2.05) is 12.2 Å². The van der Waals surface area contributed by atoms with E-state index >= 15 is 0 Å². The van der Waals surface area contributed by atoms with E-state index in [1.165, 1.54) is 44.9 Å². The first-order valence-electron chi connectivity index (χ1n) is 20.4. The number of nitrogens with two attached hydrogens (primary N) is 1. The second kappa shape index (κ2) is 37.2. The number of rotatable bonds is 38. The summed E-state index contributed by atoms with van der Waals surface area (Å²) in [6.45, 7) is 3.50. The Balaban J connectivity index is 4.27. The standard InChI is InChI=1S/C41H74NO9P/c1-3-5-7-8-9-10-11-12-13-14-15-18-22-25-29-33-41(45)51-39(37-50-52(46,47)49-35-34-42)36-48-40(44)32-28-24-21-19-16-17-20-23-27-31-38(43)30-26-6-4-2/h12-13,20,23,27,31,39H,3-11,14-19,21-22,24-26,28-30,32-37,42H2,1-2H3,(H,46,47)/b13-12-,23-20-,31-27+/t39-/m1/s1. The van der Waals surface area contributed by atoms with Crippen LogP contribution >= 0.6 is 7.82 Å². The van der Waals surface area contributed by atoms with E-state index in [0.717, 1.165) is 83.5 Å². The molecule has 2 atom stereocenters. The topological polar surface area (TPSA) is 151 Å². The van der Waals surface area contributed by atoms with Crippen LogP contribution in [-0.4, -0.2) is 55.1 Å². The van der Waals surface area contributed by atoms with E-state index in [0.29, 0.717) is 19.3 Å². The number of hydrogen-bond donors (Lipinski definition) is 2. The number of phosphoric acid groups is 1. The predicted octanol–water partition coefficient (Wildman–Crippen LogP) is 10.6. The van der Waals surface area contributed by atoms with Crippen molar-refractivity contribution in [3.8, 4) is 0 Å². The molecule has 0 heterocycles. The highest BCUT2D eigenvalue weighted by Gasteiger charge is 2.26. The van der Waals surface area contributed by atoms with Crippen LogP contribution in [0.5, 0.6) is 0 Å². The fourth-order valence-electron chi connectivity index (χ4n) is 5.37. The minimum atomic E-state index is -4.39. The number of phosphoric ester groups is 1. The molecular weight excluding hydrogens is 681 g/mol. The molecule has 0 aliphatic carbocycles. The predicted molar refractivity (Wildman–Crippen MR) is 211 cm³/mol. The largest absolute Gasteiger partial charge is 0.472 e. The van der Waals surface area contributed by atoms with Crippen molar-refractivity contribution in [2.24, 2.45) is 5.73 Å². The zero-order chi connectivity index (χ0) is 38.4. The van der Waals surface area contributed by atoms with Gasteiger partial charge in [0.1, 0.15) is 6.61 Å². The van der Waals surface area contributed by atoms with Crippen LogP contribution in [-0.2, 0) is 37.5 Å². The van der Waals surface area contributed by atoms with Crippen molar-refractivity contribution >= 4 is 25.5 Å². The zero-order valence-corrected chi connectivity index (χ0v) is 33.7.